The van der Waals surface area contributed by atoms with E-state index >= 15 is 0 Å². The van der Waals surface area contributed by atoms with Gasteiger partial charge in [0.15, 0.2) is 5.65 Å². The van der Waals surface area contributed by atoms with Gasteiger partial charge in [-0.15, -0.1) is 5.10 Å². The van der Waals surface area contributed by atoms with Gasteiger partial charge in [0.05, 0.1) is 11.6 Å². The standard InChI is InChI=1S/C22H26N8O2/c1-22(2,3)32-21(31)29-12-4-5-17(14-29)26-20-24-11-10-18-27-19(28-30(18)20)25-16-8-6-15(13-23)7-9-16/h6-11,17H,4-5,12,14H2,1-3H3,(H,24,26)(H,25,28). The SMILES string of the molecule is CC(C)(C)OC(=O)N1CCCC(Nc2nccc3nc(Nc4ccc(C#N)cc4)nn23)C1. The second kappa shape index (κ2) is 8.70. The zero-order valence-corrected chi connectivity index (χ0v) is 18.4. The number of ether oxygens (including phenoxy) is 1. The molecule has 0 aliphatic carbocycles. The molecule has 3 aromatic rings. The van der Waals surface area contributed by atoms with Crippen molar-refractivity contribution < 1.29 is 9.53 Å². The lowest BCUT2D eigenvalue weighted by molar-refractivity contribution is 0.0206. The Balaban J connectivity index is 1.47. The number of anilines is 3. The zero-order chi connectivity index (χ0) is 22.7. The second-order valence-corrected chi connectivity index (χ2v) is 8.70. The van der Waals surface area contributed by atoms with Crippen molar-refractivity contribution in [3.63, 3.8) is 0 Å². The number of carbonyl (C=O) groups excluding carboxylic acids is 1. The van der Waals surface area contributed by atoms with Crippen molar-refractivity contribution >= 4 is 29.3 Å². The maximum Gasteiger partial charge on any atom is 0.410 e. The van der Waals surface area contributed by atoms with E-state index in [2.05, 4.69) is 31.8 Å². The van der Waals surface area contributed by atoms with E-state index in [1.54, 1.807) is 45.9 Å². The molecule has 0 bridgehead atoms. The van der Waals surface area contributed by atoms with Gasteiger partial charge in [0.1, 0.15) is 5.60 Å². The number of rotatable bonds is 4. The minimum atomic E-state index is -0.524. The van der Waals surface area contributed by atoms with Gasteiger partial charge < -0.3 is 20.3 Å². The summed E-state index contributed by atoms with van der Waals surface area (Å²) in [7, 11) is 0. The lowest BCUT2D eigenvalue weighted by atomic mass is 10.1. The molecular formula is C22H26N8O2. The van der Waals surface area contributed by atoms with Gasteiger partial charge in [-0.25, -0.2) is 9.78 Å². The molecule has 2 aromatic heterocycles. The molecule has 10 nitrogen and oxygen atoms in total. The summed E-state index contributed by atoms with van der Waals surface area (Å²) in [6.07, 6.45) is 3.15. The van der Waals surface area contributed by atoms with Crippen LogP contribution in [-0.4, -0.2) is 55.3 Å². The van der Waals surface area contributed by atoms with Crippen LogP contribution in [0.1, 0.15) is 39.2 Å². The van der Waals surface area contributed by atoms with E-state index in [1.807, 2.05) is 20.8 Å². The van der Waals surface area contributed by atoms with E-state index in [0.29, 0.717) is 36.2 Å². The fraction of sp³-hybridized carbons (Fsp3) is 0.409. The molecule has 3 heterocycles. The average Bonchev–Trinajstić information content (AvgIpc) is 3.17. The van der Waals surface area contributed by atoms with Crippen molar-refractivity contribution in [1.29, 1.82) is 5.26 Å². The van der Waals surface area contributed by atoms with Crippen LogP contribution in [0.25, 0.3) is 5.65 Å². The molecule has 2 N–H and O–H groups in total. The van der Waals surface area contributed by atoms with Crippen molar-refractivity contribution in [2.45, 2.75) is 45.3 Å². The number of aromatic nitrogens is 4. The van der Waals surface area contributed by atoms with E-state index in [9.17, 15) is 4.79 Å². The van der Waals surface area contributed by atoms with Crippen LogP contribution in [0.15, 0.2) is 36.5 Å². The smallest absolute Gasteiger partial charge is 0.410 e. The highest BCUT2D eigenvalue weighted by Crippen LogP contribution is 2.20. The zero-order valence-electron chi connectivity index (χ0n) is 18.4. The first-order valence-electron chi connectivity index (χ1n) is 10.5. The number of likely N-dealkylation sites (tertiary alicyclic amines) is 1. The lowest BCUT2D eigenvalue weighted by Crippen LogP contribution is -2.47. The van der Waals surface area contributed by atoms with Crippen LogP contribution in [-0.2, 0) is 4.74 Å². The van der Waals surface area contributed by atoms with Crippen LogP contribution in [0.4, 0.5) is 22.4 Å². The van der Waals surface area contributed by atoms with Gasteiger partial charge >= 0.3 is 6.09 Å². The number of carbonyl (C=O) groups is 1. The Labute approximate surface area is 186 Å². The summed E-state index contributed by atoms with van der Waals surface area (Å²) in [5.41, 5.74) is 1.48. The highest BCUT2D eigenvalue weighted by molar-refractivity contribution is 5.68. The van der Waals surface area contributed by atoms with E-state index in [-0.39, 0.29) is 12.1 Å². The lowest BCUT2D eigenvalue weighted by Gasteiger charge is -2.34. The molecule has 32 heavy (non-hydrogen) atoms. The summed E-state index contributed by atoms with van der Waals surface area (Å²) in [4.78, 5) is 23.1. The van der Waals surface area contributed by atoms with Gasteiger partial charge in [0.2, 0.25) is 11.9 Å². The summed E-state index contributed by atoms with van der Waals surface area (Å²) in [5, 5.41) is 20.0. The predicted molar refractivity (Wildman–Crippen MR) is 120 cm³/mol. The van der Waals surface area contributed by atoms with Crippen molar-refractivity contribution in [2.24, 2.45) is 0 Å². The molecule has 10 heteroatoms. The van der Waals surface area contributed by atoms with Gasteiger partial charge in [0, 0.05) is 37.1 Å². The highest BCUT2D eigenvalue weighted by atomic mass is 16.6. The molecule has 1 amide bonds. The van der Waals surface area contributed by atoms with Crippen LogP contribution >= 0.6 is 0 Å². The number of fused-ring (bicyclic) bond motifs is 1. The Morgan fingerprint density at radius 3 is 2.75 bits per heavy atom. The van der Waals surface area contributed by atoms with E-state index < -0.39 is 5.60 Å². The number of piperidine rings is 1. The minimum absolute atomic E-state index is 0.0218. The predicted octanol–water partition coefficient (Wildman–Crippen LogP) is 3.55. The van der Waals surface area contributed by atoms with Gasteiger partial charge in [0.25, 0.3) is 0 Å². The van der Waals surface area contributed by atoms with Crippen molar-refractivity contribution in [2.75, 3.05) is 23.7 Å². The Kier molecular flexibility index (Phi) is 5.81. The topological polar surface area (TPSA) is 120 Å². The van der Waals surface area contributed by atoms with Gasteiger partial charge in [-0.05, 0) is 57.9 Å². The third-order valence-electron chi connectivity index (χ3n) is 4.93. The maximum atomic E-state index is 12.4. The van der Waals surface area contributed by atoms with Crippen LogP contribution in [0.5, 0.6) is 0 Å². The first kappa shape index (κ1) is 21.4. The normalized spacial score (nSPS) is 16.4. The summed E-state index contributed by atoms with van der Waals surface area (Å²) in [6.45, 7) is 6.79. The second-order valence-electron chi connectivity index (χ2n) is 8.70. The number of amides is 1. The number of nitrogens with zero attached hydrogens (tertiary/aromatic N) is 6. The van der Waals surface area contributed by atoms with E-state index in [4.69, 9.17) is 10.00 Å². The van der Waals surface area contributed by atoms with Crippen molar-refractivity contribution in [3.05, 3.63) is 42.1 Å². The van der Waals surface area contributed by atoms with Gasteiger partial charge in [-0.3, -0.25) is 0 Å². The number of nitriles is 1. The number of nitrogens with one attached hydrogen (secondary N) is 2. The van der Waals surface area contributed by atoms with E-state index in [0.717, 1.165) is 18.5 Å². The molecule has 166 valence electrons. The molecule has 1 atom stereocenters. The quantitative estimate of drug-likeness (QED) is 0.640. The monoisotopic (exact) mass is 434 g/mol. The summed E-state index contributed by atoms with van der Waals surface area (Å²) in [5.74, 6) is 0.976. The van der Waals surface area contributed by atoms with Gasteiger partial charge in [-0.1, -0.05) is 0 Å². The molecule has 1 saturated heterocycles. The molecule has 1 aliphatic heterocycles. The number of hydrogen-bond donors (Lipinski definition) is 2. The minimum Gasteiger partial charge on any atom is -0.444 e. The molecule has 1 unspecified atom stereocenters. The molecule has 0 saturated carbocycles. The largest absolute Gasteiger partial charge is 0.444 e. The Hall–Kier alpha value is -3.87. The average molecular weight is 435 g/mol. The van der Waals surface area contributed by atoms with Crippen molar-refractivity contribution in [1.82, 2.24) is 24.5 Å². The molecule has 0 spiro atoms. The molecule has 1 fully saturated rings. The van der Waals surface area contributed by atoms with E-state index in [1.165, 1.54) is 0 Å². The fourth-order valence-corrected chi connectivity index (χ4v) is 3.50. The number of benzene rings is 1. The first-order valence-corrected chi connectivity index (χ1v) is 10.5. The summed E-state index contributed by atoms with van der Waals surface area (Å²) in [6, 6.07) is 10.9. The Morgan fingerprint density at radius 1 is 1.25 bits per heavy atom. The first-order chi connectivity index (χ1) is 15.3. The molecule has 1 aliphatic rings. The molecular weight excluding hydrogens is 408 g/mol. The summed E-state index contributed by atoms with van der Waals surface area (Å²) >= 11 is 0. The van der Waals surface area contributed by atoms with Crippen molar-refractivity contribution in [3.8, 4) is 6.07 Å². The maximum absolute atomic E-state index is 12.4. The molecule has 4 rings (SSSR count). The third kappa shape index (κ3) is 5.06. The third-order valence-corrected chi connectivity index (χ3v) is 4.93. The van der Waals surface area contributed by atoms with Gasteiger partial charge in [-0.2, -0.15) is 14.8 Å². The molecule has 0 radical (unpaired) electrons. The number of hydrogen-bond acceptors (Lipinski definition) is 8. The van der Waals surface area contributed by atoms with Crippen LogP contribution in [0, 0.1) is 11.3 Å². The van der Waals surface area contributed by atoms with Crippen LogP contribution < -0.4 is 10.6 Å². The molecule has 1 aromatic carbocycles. The Morgan fingerprint density at radius 2 is 2.03 bits per heavy atom. The fourth-order valence-electron chi connectivity index (χ4n) is 3.50. The Bertz CT molecular complexity index is 1140. The van der Waals surface area contributed by atoms with Crippen LogP contribution in [0.3, 0.4) is 0 Å². The summed E-state index contributed by atoms with van der Waals surface area (Å²) < 4.78 is 7.15. The highest BCUT2D eigenvalue weighted by Gasteiger charge is 2.28. The van der Waals surface area contributed by atoms with Crippen LogP contribution in [0.2, 0.25) is 0 Å².